The Morgan fingerprint density at radius 2 is 1.64 bits per heavy atom. The van der Waals surface area contributed by atoms with Gasteiger partial charge in [-0.25, -0.2) is 24.5 Å². The van der Waals surface area contributed by atoms with Crippen LogP contribution in [0.25, 0.3) is 22.3 Å². The number of aromatic nitrogens is 8. The summed E-state index contributed by atoms with van der Waals surface area (Å²) >= 11 is 5.62. The fraction of sp³-hybridized carbons (Fsp3) is 0.615. The average molecular weight is 707 g/mol. The van der Waals surface area contributed by atoms with Gasteiger partial charge >= 0.3 is 14.5 Å². The number of nitrogens with zero attached hydrogens (tertiary/aromatic N) is 7. The zero-order valence-electron chi connectivity index (χ0n) is 25.1. The van der Waals surface area contributed by atoms with E-state index in [-0.39, 0.29) is 65.9 Å². The fourth-order valence-electron chi connectivity index (χ4n) is 9.10. The van der Waals surface area contributed by atoms with Gasteiger partial charge in [0, 0.05) is 22.8 Å². The summed E-state index contributed by atoms with van der Waals surface area (Å²) in [4.78, 5) is 59.2. The second-order valence-electron chi connectivity index (χ2n) is 13.7. The third-order valence-corrected chi connectivity index (χ3v) is 14.0. The zero-order chi connectivity index (χ0) is 32.8. The van der Waals surface area contributed by atoms with E-state index >= 15 is 0 Å². The standard InChI is InChI=1S/C26H32N10O8P2S/c1-10-16(35-8-31-14-20(27)29-7-30-21(14)35)12-4-26(12)6-41-45(38,39)43-18-11(2)25(5-42-46(40,47)44-19(10)26)3-13(25)17(18)36-9-32-15-22(36)33-24(28)34-23(15)37/h7-13,16-19H,3-6H2,1-2H3,(H,38,39)(H,40,47)(H2,27,29,30)(H3,28,33,34,37)/t10-,11-,12+,13+,16-,17+,18+,19-,25?,26?,46?/m0/s1. The predicted octanol–water partition coefficient (Wildman–Crippen LogP) is 1.65. The summed E-state index contributed by atoms with van der Waals surface area (Å²) in [6, 6.07) is -0.800. The number of aromatic amines is 1. The van der Waals surface area contributed by atoms with Crippen molar-refractivity contribution in [3.05, 3.63) is 29.3 Å². The van der Waals surface area contributed by atoms with Crippen LogP contribution in [0.4, 0.5) is 11.8 Å². The van der Waals surface area contributed by atoms with E-state index in [2.05, 4.69) is 29.9 Å². The molecule has 4 aromatic rings. The maximum Gasteiger partial charge on any atom is 0.472 e. The summed E-state index contributed by atoms with van der Waals surface area (Å²) < 4.78 is 41.7. The van der Waals surface area contributed by atoms with Crippen LogP contribution < -0.4 is 17.0 Å². The Morgan fingerprint density at radius 1 is 0.957 bits per heavy atom. The molecule has 4 aromatic heterocycles. The van der Waals surface area contributed by atoms with Gasteiger partial charge < -0.3 is 39.4 Å². The van der Waals surface area contributed by atoms with Crippen LogP contribution >= 0.6 is 14.5 Å². The largest absolute Gasteiger partial charge is 0.472 e. The lowest BCUT2D eigenvalue weighted by Crippen LogP contribution is -2.33. The van der Waals surface area contributed by atoms with Gasteiger partial charge in [0.1, 0.15) is 11.8 Å². The molecule has 7 N–H and O–H groups in total. The Kier molecular flexibility index (Phi) is 6.20. The van der Waals surface area contributed by atoms with Crippen LogP contribution in [0.1, 0.15) is 38.8 Å². The first-order valence-corrected chi connectivity index (χ1v) is 19.3. The number of imidazole rings is 2. The van der Waals surface area contributed by atoms with Gasteiger partial charge in [-0.3, -0.25) is 18.8 Å². The molecule has 4 aliphatic carbocycles. The van der Waals surface area contributed by atoms with E-state index in [1.165, 1.54) is 12.7 Å². The van der Waals surface area contributed by atoms with Gasteiger partial charge in [0.2, 0.25) is 5.95 Å². The molecule has 1 saturated heterocycles. The third kappa shape index (κ3) is 4.25. The van der Waals surface area contributed by atoms with E-state index < -0.39 is 49.2 Å². The number of H-pyrrole nitrogens is 1. The summed E-state index contributed by atoms with van der Waals surface area (Å²) in [7, 11) is -4.69. The van der Waals surface area contributed by atoms with Crippen molar-refractivity contribution in [2.75, 3.05) is 24.7 Å². The normalized spacial score (nSPS) is 44.3. The molecule has 47 heavy (non-hydrogen) atoms. The summed E-state index contributed by atoms with van der Waals surface area (Å²) in [5.74, 6) is -0.703. The maximum absolute atomic E-state index is 13.8. The van der Waals surface area contributed by atoms with Gasteiger partial charge in [-0.05, 0) is 42.4 Å². The van der Waals surface area contributed by atoms with Crippen molar-refractivity contribution in [1.82, 2.24) is 39.0 Å². The number of hydrogen-bond acceptors (Lipinski definition) is 14. The van der Waals surface area contributed by atoms with Crippen LogP contribution in [0.15, 0.2) is 23.8 Å². The molecule has 12 atom stereocenters. The number of nitrogens with one attached hydrogen (secondary N) is 1. The number of fused-ring (bicyclic) bond motifs is 3. The van der Waals surface area contributed by atoms with Crippen LogP contribution in [-0.2, 0) is 34.5 Å². The molecule has 5 heterocycles. The second-order valence-corrected chi connectivity index (χ2v) is 17.9. The highest BCUT2D eigenvalue weighted by molar-refractivity contribution is 8.07. The lowest BCUT2D eigenvalue weighted by atomic mass is 9.91. The molecular weight excluding hydrogens is 674 g/mol. The highest BCUT2D eigenvalue weighted by Crippen LogP contribution is 2.76. The number of phosphoric acid groups is 1. The first kappa shape index (κ1) is 30.2. The molecule has 5 fully saturated rings. The molecule has 9 rings (SSSR count). The molecule has 1 aliphatic heterocycles. The molecule has 0 aromatic carbocycles. The smallest absolute Gasteiger partial charge is 0.382 e. The maximum atomic E-state index is 13.8. The monoisotopic (exact) mass is 706 g/mol. The minimum atomic E-state index is -4.69. The van der Waals surface area contributed by atoms with Crippen molar-refractivity contribution in [3.8, 4) is 0 Å². The molecule has 4 saturated carbocycles. The molecule has 4 unspecified atom stereocenters. The van der Waals surface area contributed by atoms with Crippen LogP contribution in [0.3, 0.4) is 0 Å². The quantitative estimate of drug-likeness (QED) is 0.186. The SMILES string of the molecule is C[C@H]1[C@H](n2cnc3c(N)ncnc32)[C@H]2CC23COP(=O)(O)O[C@H]2[C@H](n4cnc5c(=O)[nH]c(N)nc54)[C@H]4CC4(COP(O)(=S)O[C@@H]13)[C@H]2C. The highest BCUT2D eigenvalue weighted by atomic mass is 32.5. The first-order valence-electron chi connectivity index (χ1n) is 15.2. The van der Waals surface area contributed by atoms with E-state index in [1.54, 1.807) is 10.9 Å². The van der Waals surface area contributed by atoms with Crippen molar-refractivity contribution < 1.29 is 32.4 Å². The number of hydrogen-bond donors (Lipinski definition) is 5. The van der Waals surface area contributed by atoms with E-state index in [4.69, 9.17) is 41.4 Å². The first-order chi connectivity index (χ1) is 22.3. The molecule has 21 heteroatoms. The van der Waals surface area contributed by atoms with Crippen LogP contribution in [0, 0.1) is 34.5 Å². The Bertz CT molecular complexity index is 2140. The molecule has 250 valence electrons. The summed E-state index contributed by atoms with van der Waals surface area (Å²) in [5.41, 5.74) is 11.3. The van der Waals surface area contributed by atoms with Crippen LogP contribution in [0.2, 0.25) is 0 Å². The van der Waals surface area contributed by atoms with Gasteiger partial charge in [-0.2, -0.15) is 4.98 Å². The molecule has 2 bridgehead atoms. The predicted molar refractivity (Wildman–Crippen MR) is 168 cm³/mol. The van der Waals surface area contributed by atoms with E-state index in [0.29, 0.717) is 24.0 Å². The minimum Gasteiger partial charge on any atom is -0.382 e. The molecular formula is C26H32N10O8P2S. The van der Waals surface area contributed by atoms with Crippen molar-refractivity contribution >= 4 is 60.4 Å². The van der Waals surface area contributed by atoms with E-state index in [9.17, 15) is 19.1 Å². The summed E-state index contributed by atoms with van der Waals surface area (Å²) in [6.45, 7) is -0.135. The minimum absolute atomic E-state index is 0.0334. The number of phosphoric ester groups is 1. The van der Waals surface area contributed by atoms with Crippen molar-refractivity contribution in [3.63, 3.8) is 0 Å². The molecule has 0 amide bonds. The van der Waals surface area contributed by atoms with Crippen molar-refractivity contribution in [2.45, 2.75) is 51.0 Å². The van der Waals surface area contributed by atoms with Gasteiger partial charge in [0.05, 0.1) is 44.1 Å². The topological polar surface area (TPSA) is 254 Å². The Labute approximate surface area is 271 Å². The summed E-state index contributed by atoms with van der Waals surface area (Å²) in [5, 5.41) is 0. The highest BCUT2D eigenvalue weighted by Gasteiger charge is 2.74. The van der Waals surface area contributed by atoms with Gasteiger partial charge in [0.25, 0.3) is 5.56 Å². The molecule has 0 radical (unpaired) electrons. The number of nitrogen functional groups attached to an aromatic ring is 2. The van der Waals surface area contributed by atoms with Crippen molar-refractivity contribution in [1.29, 1.82) is 0 Å². The van der Waals surface area contributed by atoms with Crippen molar-refractivity contribution in [2.24, 2.45) is 34.5 Å². The molecule has 5 aliphatic rings. The summed E-state index contributed by atoms with van der Waals surface area (Å²) in [6.07, 6.45) is 4.12. The Balaban J connectivity index is 1.09. The number of anilines is 2. The second kappa shape index (κ2) is 9.64. The molecule has 2 spiro atoms. The third-order valence-electron chi connectivity index (χ3n) is 11.5. The lowest BCUT2D eigenvalue weighted by molar-refractivity contribution is 0.0188. The average Bonchev–Trinajstić information content (AvgIpc) is 3.71. The lowest BCUT2D eigenvalue weighted by Gasteiger charge is -2.32. The van der Waals surface area contributed by atoms with E-state index in [0.717, 1.165) is 0 Å². The fourth-order valence-corrected chi connectivity index (χ4v) is 11.8. The Hall–Kier alpha value is -2.86. The van der Waals surface area contributed by atoms with E-state index in [1.807, 2.05) is 18.4 Å². The van der Waals surface area contributed by atoms with Crippen LogP contribution in [0.5, 0.6) is 0 Å². The Morgan fingerprint density at radius 3 is 2.43 bits per heavy atom. The number of nitrogens with two attached hydrogens (primary N) is 2. The van der Waals surface area contributed by atoms with Crippen LogP contribution in [-0.4, -0.2) is 74.2 Å². The molecule has 18 nitrogen and oxygen atoms in total. The zero-order valence-corrected chi connectivity index (χ0v) is 27.7. The van der Waals surface area contributed by atoms with Gasteiger partial charge in [-0.1, -0.05) is 13.8 Å². The van der Waals surface area contributed by atoms with Gasteiger partial charge in [0.15, 0.2) is 22.6 Å². The number of rotatable bonds is 2. The van der Waals surface area contributed by atoms with Gasteiger partial charge in [-0.15, -0.1) is 0 Å².